The fourth-order valence-corrected chi connectivity index (χ4v) is 3.81. The summed E-state index contributed by atoms with van der Waals surface area (Å²) in [5.74, 6) is 0.337. The fourth-order valence-electron chi connectivity index (χ4n) is 3.81. The van der Waals surface area contributed by atoms with Crippen LogP contribution in [0.25, 0.3) is 0 Å². The average Bonchev–Trinajstić information content (AvgIpc) is 3.23. The second kappa shape index (κ2) is 7.46. The first-order valence-corrected chi connectivity index (χ1v) is 9.06. The SMILES string of the molecule is CC[C@@H]1C[C@H](C(F)(F)F)n2nc([C@H]3CCCN3C(=O)CCOC)cc2N1. The van der Waals surface area contributed by atoms with Crippen LogP contribution in [0.1, 0.15) is 56.8 Å². The molecule has 3 rings (SSSR count). The zero-order chi connectivity index (χ0) is 18.9. The van der Waals surface area contributed by atoms with E-state index in [0.29, 0.717) is 37.5 Å². The van der Waals surface area contributed by atoms with E-state index >= 15 is 0 Å². The molecule has 0 aromatic carbocycles. The van der Waals surface area contributed by atoms with Gasteiger partial charge in [-0.15, -0.1) is 0 Å². The van der Waals surface area contributed by atoms with Gasteiger partial charge in [-0.3, -0.25) is 4.79 Å². The van der Waals surface area contributed by atoms with E-state index in [1.807, 2.05) is 6.92 Å². The van der Waals surface area contributed by atoms with E-state index in [2.05, 4.69) is 10.4 Å². The zero-order valence-electron chi connectivity index (χ0n) is 15.1. The molecule has 6 nitrogen and oxygen atoms in total. The number of hydrogen-bond donors (Lipinski definition) is 1. The smallest absolute Gasteiger partial charge is 0.384 e. The number of alkyl halides is 3. The van der Waals surface area contributed by atoms with E-state index < -0.39 is 12.2 Å². The molecule has 0 bridgehead atoms. The Hall–Kier alpha value is -1.77. The lowest BCUT2D eigenvalue weighted by molar-refractivity contribution is -0.173. The number of carbonyl (C=O) groups excluding carboxylic acids is 1. The number of methoxy groups -OCH3 is 1. The fraction of sp³-hybridized carbons (Fsp3) is 0.765. The first-order valence-electron chi connectivity index (χ1n) is 9.06. The molecule has 9 heteroatoms. The van der Waals surface area contributed by atoms with Crippen LogP contribution in [0.3, 0.4) is 0 Å². The predicted octanol–water partition coefficient (Wildman–Crippen LogP) is 3.28. The third-order valence-electron chi connectivity index (χ3n) is 5.21. The number of amides is 1. The van der Waals surface area contributed by atoms with Gasteiger partial charge in [0.15, 0.2) is 6.04 Å². The highest BCUT2D eigenvalue weighted by atomic mass is 19.4. The van der Waals surface area contributed by atoms with Gasteiger partial charge in [0.25, 0.3) is 0 Å². The maximum Gasteiger partial charge on any atom is 0.410 e. The molecule has 0 aliphatic carbocycles. The summed E-state index contributed by atoms with van der Waals surface area (Å²) in [6, 6.07) is -0.459. The van der Waals surface area contributed by atoms with Gasteiger partial charge in [-0.2, -0.15) is 18.3 Å². The quantitative estimate of drug-likeness (QED) is 0.859. The van der Waals surface area contributed by atoms with Gasteiger partial charge < -0.3 is 15.0 Å². The Morgan fingerprint density at radius 2 is 2.23 bits per heavy atom. The second-order valence-corrected chi connectivity index (χ2v) is 6.93. The van der Waals surface area contributed by atoms with Crippen LogP contribution in [0.5, 0.6) is 0 Å². The first-order chi connectivity index (χ1) is 12.3. The summed E-state index contributed by atoms with van der Waals surface area (Å²) in [6.07, 6.45) is -1.98. The van der Waals surface area contributed by atoms with Gasteiger partial charge in [0.05, 0.1) is 24.8 Å². The van der Waals surface area contributed by atoms with Crippen molar-refractivity contribution < 1.29 is 22.7 Å². The average molecular weight is 374 g/mol. The minimum Gasteiger partial charge on any atom is -0.384 e. The Labute approximate surface area is 150 Å². The van der Waals surface area contributed by atoms with Crippen molar-refractivity contribution >= 4 is 11.7 Å². The Morgan fingerprint density at radius 1 is 1.46 bits per heavy atom. The Balaban J connectivity index is 1.86. The van der Waals surface area contributed by atoms with E-state index in [9.17, 15) is 18.0 Å². The van der Waals surface area contributed by atoms with E-state index in [4.69, 9.17) is 4.74 Å². The maximum absolute atomic E-state index is 13.5. The molecule has 1 saturated heterocycles. The van der Waals surface area contributed by atoms with Crippen molar-refractivity contribution in [1.29, 1.82) is 0 Å². The van der Waals surface area contributed by atoms with Gasteiger partial charge in [0.1, 0.15) is 5.82 Å². The van der Waals surface area contributed by atoms with Crippen LogP contribution in [0.2, 0.25) is 0 Å². The number of halogens is 3. The summed E-state index contributed by atoms with van der Waals surface area (Å²) in [7, 11) is 1.53. The highest BCUT2D eigenvalue weighted by Crippen LogP contribution is 2.42. The number of nitrogens with zero attached hydrogens (tertiary/aromatic N) is 3. The third-order valence-corrected chi connectivity index (χ3v) is 5.21. The van der Waals surface area contributed by atoms with Crippen molar-refractivity contribution in [2.24, 2.45) is 0 Å². The molecular weight excluding hydrogens is 349 g/mol. The molecule has 0 saturated carbocycles. The first kappa shape index (κ1) is 19.0. The van der Waals surface area contributed by atoms with Crippen molar-refractivity contribution in [3.63, 3.8) is 0 Å². The van der Waals surface area contributed by atoms with Crippen LogP contribution < -0.4 is 5.32 Å². The van der Waals surface area contributed by atoms with Gasteiger partial charge in [-0.25, -0.2) is 4.68 Å². The molecular formula is C17H25F3N4O2. The van der Waals surface area contributed by atoms with Gasteiger partial charge in [-0.05, 0) is 25.7 Å². The number of anilines is 1. The van der Waals surface area contributed by atoms with Gasteiger partial charge >= 0.3 is 6.18 Å². The number of hydrogen-bond acceptors (Lipinski definition) is 4. The van der Waals surface area contributed by atoms with Crippen LogP contribution in [0, 0.1) is 0 Å². The molecule has 1 fully saturated rings. The molecule has 1 amide bonds. The minimum absolute atomic E-state index is 0.0325. The predicted molar refractivity (Wildman–Crippen MR) is 89.8 cm³/mol. The lowest BCUT2D eigenvalue weighted by atomic mass is 10.0. The van der Waals surface area contributed by atoms with E-state index in [1.54, 1.807) is 11.0 Å². The van der Waals surface area contributed by atoms with Crippen LogP contribution in [0.15, 0.2) is 6.07 Å². The molecule has 0 unspecified atom stereocenters. The zero-order valence-corrected chi connectivity index (χ0v) is 15.1. The third kappa shape index (κ3) is 3.67. The van der Waals surface area contributed by atoms with Gasteiger partial charge in [0, 0.05) is 25.8 Å². The van der Waals surface area contributed by atoms with Crippen LogP contribution in [0.4, 0.5) is 19.0 Å². The van der Waals surface area contributed by atoms with E-state index in [1.165, 1.54) is 7.11 Å². The maximum atomic E-state index is 13.5. The summed E-state index contributed by atoms with van der Waals surface area (Å²) >= 11 is 0. The van der Waals surface area contributed by atoms with E-state index in [0.717, 1.165) is 11.1 Å². The minimum atomic E-state index is -4.35. The Bertz CT molecular complexity index is 646. The standard InChI is InChI=1S/C17H25F3N4O2/c1-3-11-9-14(17(18,19)20)24-15(21-11)10-12(22-24)13-5-4-7-23(13)16(25)6-8-26-2/h10-11,13-14,21H,3-9H2,1-2H3/t11-,13-,14-/m1/s1. The number of fused-ring (bicyclic) bond motifs is 1. The number of likely N-dealkylation sites (tertiary alicyclic amines) is 1. The molecule has 26 heavy (non-hydrogen) atoms. The summed E-state index contributed by atoms with van der Waals surface area (Å²) in [5, 5.41) is 7.42. The van der Waals surface area contributed by atoms with Crippen molar-refractivity contribution in [1.82, 2.24) is 14.7 Å². The van der Waals surface area contributed by atoms with Gasteiger partial charge in [-0.1, -0.05) is 6.92 Å². The Kier molecular flexibility index (Phi) is 5.45. The molecule has 0 spiro atoms. The van der Waals surface area contributed by atoms with Crippen molar-refractivity contribution in [3.05, 3.63) is 11.8 Å². The molecule has 1 N–H and O–H groups in total. The normalized spacial score (nSPS) is 25.9. The number of aromatic nitrogens is 2. The molecule has 0 radical (unpaired) electrons. The molecule has 2 aliphatic rings. The second-order valence-electron chi connectivity index (χ2n) is 6.93. The summed E-state index contributed by atoms with van der Waals surface area (Å²) in [4.78, 5) is 14.1. The number of rotatable bonds is 5. The highest BCUT2D eigenvalue weighted by molar-refractivity contribution is 5.77. The Morgan fingerprint density at radius 3 is 2.88 bits per heavy atom. The monoisotopic (exact) mass is 374 g/mol. The topological polar surface area (TPSA) is 59.4 Å². The van der Waals surface area contributed by atoms with Crippen LogP contribution in [-0.2, 0) is 9.53 Å². The molecule has 1 aromatic rings. The lowest BCUT2D eigenvalue weighted by Gasteiger charge is -2.32. The molecule has 2 aliphatic heterocycles. The van der Waals surface area contributed by atoms with Crippen LogP contribution >= 0.6 is 0 Å². The molecule has 146 valence electrons. The van der Waals surface area contributed by atoms with E-state index in [-0.39, 0.29) is 30.8 Å². The van der Waals surface area contributed by atoms with Crippen molar-refractivity contribution in [2.75, 3.05) is 25.6 Å². The molecule has 3 heterocycles. The molecule has 1 aromatic heterocycles. The summed E-state index contributed by atoms with van der Waals surface area (Å²) in [6.45, 7) is 2.80. The number of nitrogens with one attached hydrogen (secondary N) is 1. The number of ether oxygens (including phenoxy) is 1. The summed E-state index contributed by atoms with van der Waals surface area (Å²) < 4.78 is 46.5. The number of carbonyl (C=O) groups is 1. The largest absolute Gasteiger partial charge is 0.410 e. The van der Waals surface area contributed by atoms with Gasteiger partial charge in [0.2, 0.25) is 5.91 Å². The van der Waals surface area contributed by atoms with Crippen LogP contribution in [-0.4, -0.2) is 53.1 Å². The molecule has 3 atom stereocenters. The highest BCUT2D eigenvalue weighted by Gasteiger charge is 2.46. The van der Waals surface area contributed by atoms with Crippen molar-refractivity contribution in [3.8, 4) is 0 Å². The summed E-state index contributed by atoms with van der Waals surface area (Å²) in [5.41, 5.74) is 0.529. The lowest BCUT2D eigenvalue weighted by Crippen LogP contribution is -2.39. The van der Waals surface area contributed by atoms with Crippen molar-refractivity contribution in [2.45, 2.75) is 63.3 Å².